The summed E-state index contributed by atoms with van der Waals surface area (Å²) in [5, 5.41) is 0. The molecule has 2 aromatic rings. The van der Waals surface area contributed by atoms with Gasteiger partial charge in [0.25, 0.3) is 0 Å². The molecular formula is C14H20N2OS. The Morgan fingerprint density at radius 1 is 1.17 bits per heavy atom. The smallest absolute Gasteiger partial charge is 0.122 e. The van der Waals surface area contributed by atoms with Crippen LogP contribution in [0, 0.1) is 0 Å². The Kier molecular flexibility index (Phi) is 4.58. The van der Waals surface area contributed by atoms with Gasteiger partial charge in [-0.05, 0) is 30.7 Å². The van der Waals surface area contributed by atoms with Crippen LogP contribution in [-0.2, 0) is 19.3 Å². The highest BCUT2D eigenvalue weighted by Crippen LogP contribution is 2.25. The van der Waals surface area contributed by atoms with Gasteiger partial charge in [0.1, 0.15) is 11.5 Å². The van der Waals surface area contributed by atoms with E-state index in [0.717, 1.165) is 30.8 Å². The SMILES string of the molecule is CCc1ccc(C(Cc2ccc(CC)s2)NN)o1. The van der Waals surface area contributed by atoms with Gasteiger partial charge in [0.2, 0.25) is 0 Å². The number of nitrogens with two attached hydrogens (primary N) is 1. The summed E-state index contributed by atoms with van der Waals surface area (Å²) in [4.78, 5) is 2.75. The number of hydrazine groups is 1. The number of rotatable bonds is 6. The van der Waals surface area contributed by atoms with Crippen LogP contribution in [-0.4, -0.2) is 0 Å². The Balaban J connectivity index is 2.08. The molecule has 0 bridgehead atoms. The topological polar surface area (TPSA) is 51.2 Å². The van der Waals surface area contributed by atoms with E-state index in [4.69, 9.17) is 10.3 Å². The van der Waals surface area contributed by atoms with Crippen molar-refractivity contribution in [3.8, 4) is 0 Å². The van der Waals surface area contributed by atoms with Gasteiger partial charge in [0.15, 0.2) is 0 Å². The van der Waals surface area contributed by atoms with Gasteiger partial charge in [-0.25, -0.2) is 5.43 Å². The zero-order chi connectivity index (χ0) is 13.0. The van der Waals surface area contributed by atoms with Crippen molar-refractivity contribution in [3.63, 3.8) is 0 Å². The standard InChI is InChI=1S/C14H20N2OS/c1-3-10-5-8-14(17-10)13(16-15)9-12-7-6-11(4-2)18-12/h5-8,13,16H,3-4,9,15H2,1-2H3. The van der Waals surface area contributed by atoms with E-state index in [1.807, 2.05) is 23.5 Å². The first kappa shape index (κ1) is 13.3. The predicted octanol–water partition coefficient (Wildman–Crippen LogP) is 3.21. The van der Waals surface area contributed by atoms with Crippen LogP contribution in [0.15, 0.2) is 28.7 Å². The zero-order valence-electron chi connectivity index (χ0n) is 10.9. The first-order valence-electron chi connectivity index (χ1n) is 6.39. The molecular weight excluding hydrogens is 244 g/mol. The van der Waals surface area contributed by atoms with E-state index >= 15 is 0 Å². The summed E-state index contributed by atoms with van der Waals surface area (Å²) in [6.07, 6.45) is 2.88. The largest absolute Gasteiger partial charge is 0.464 e. The molecule has 0 saturated heterocycles. The molecule has 0 amide bonds. The summed E-state index contributed by atoms with van der Waals surface area (Å²) in [6, 6.07) is 8.45. The molecule has 0 aliphatic rings. The highest BCUT2D eigenvalue weighted by Gasteiger charge is 2.15. The van der Waals surface area contributed by atoms with Gasteiger partial charge in [-0.3, -0.25) is 5.84 Å². The molecule has 3 nitrogen and oxygen atoms in total. The van der Waals surface area contributed by atoms with Crippen LogP contribution in [0.2, 0.25) is 0 Å². The fourth-order valence-electron chi connectivity index (χ4n) is 1.94. The lowest BCUT2D eigenvalue weighted by Crippen LogP contribution is -2.29. The fraction of sp³-hybridized carbons (Fsp3) is 0.429. The highest BCUT2D eigenvalue weighted by atomic mass is 32.1. The van der Waals surface area contributed by atoms with E-state index in [-0.39, 0.29) is 6.04 Å². The Hall–Kier alpha value is -1.10. The fourth-order valence-corrected chi connectivity index (χ4v) is 2.94. The third kappa shape index (κ3) is 3.02. The maximum atomic E-state index is 5.75. The number of furan rings is 1. The van der Waals surface area contributed by atoms with E-state index in [2.05, 4.69) is 31.4 Å². The van der Waals surface area contributed by atoms with Crippen molar-refractivity contribution in [2.75, 3.05) is 0 Å². The maximum absolute atomic E-state index is 5.75. The summed E-state index contributed by atoms with van der Waals surface area (Å²) in [5.74, 6) is 7.56. The molecule has 0 aliphatic carbocycles. The van der Waals surface area contributed by atoms with Crippen LogP contribution in [0.3, 0.4) is 0 Å². The molecule has 98 valence electrons. The molecule has 2 aromatic heterocycles. The van der Waals surface area contributed by atoms with Gasteiger partial charge >= 0.3 is 0 Å². The van der Waals surface area contributed by atoms with Crippen molar-refractivity contribution < 1.29 is 4.42 Å². The lowest BCUT2D eigenvalue weighted by Gasteiger charge is -2.12. The quantitative estimate of drug-likeness (QED) is 0.622. The number of thiophene rings is 1. The van der Waals surface area contributed by atoms with Crippen LogP contribution in [0.5, 0.6) is 0 Å². The molecule has 1 atom stereocenters. The minimum atomic E-state index is 0.0497. The molecule has 18 heavy (non-hydrogen) atoms. The molecule has 4 heteroatoms. The molecule has 0 radical (unpaired) electrons. The van der Waals surface area contributed by atoms with E-state index < -0.39 is 0 Å². The van der Waals surface area contributed by atoms with Crippen molar-refractivity contribution in [2.45, 2.75) is 39.2 Å². The summed E-state index contributed by atoms with van der Waals surface area (Å²) in [7, 11) is 0. The van der Waals surface area contributed by atoms with Crippen molar-refractivity contribution >= 4 is 11.3 Å². The van der Waals surface area contributed by atoms with Crippen molar-refractivity contribution in [1.82, 2.24) is 5.43 Å². The normalized spacial score (nSPS) is 12.8. The average molecular weight is 264 g/mol. The number of aryl methyl sites for hydroxylation is 2. The molecule has 0 fully saturated rings. The van der Waals surface area contributed by atoms with E-state index in [0.29, 0.717) is 0 Å². The van der Waals surface area contributed by atoms with Crippen LogP contribution in [0.4, 0.5) is 0 Å². The monoisotopic (exact) mass is 264 g/mol. The summed E-state index contributed by atoms with van der Waals surface area (Å²) in [5.41, 5.74) is 2.84. The maximum Gasteiger partial charge on any atom is 0.122 e. The van der Waals surface area contributed by atoms with Crippen LogP contribution in [0.1, 0.15) is 41.2 Å². The average Bonchev–Trinajstić information content (AvgIpc) is 3.04. The van der Waals surface area contributed by atoms with E-state index in [1.54, 1.807) is 0 Å². The third-order valence-electron chi connectivity index (χ3n) is 3.05. The summed E-state index contributed by atoms with van der Waals surface area (Å²) < 4.78 is 5.75. The lowest BCUT2D eigenvalue weighted by molar-refractivity contribution is 0.397. The van der Waals surface area contributed by atoms with Crippen molar-refractivity contribution in [2.24, 2.45) is 5.84 Å². The predicted molar refractivity (Wildman–Crippen MR) is 75.6 cm³/mol. The van der Waals surface area contributed by atoms with Gasteiger partial charge in [0.05, 0.1) is 6.04 Å². The molecule has 2 rings (SSSR count). The van der Waals surface area contributed by atoms with Gasteiger partial charge in [-0.2, -0.15) is 0 Å². The Morgan fingerprint density at radius 3 is 2.50 bits per heavy atom. The van der Waals surface area contributed by atoms with E-state index in [9.17, 15) is 0 Å². The van der Waals surface area contributed by atoms with Gasteiger partial charge < -0.3 is 4.42 Å². The minimum absolute atomic E-state index is 0.0497. The first-order chi connectivity index (χ1) is 8.76. The van der Waals surface area contributed by atoms with Crippen LogP contribution in [0.25, 0.3) is 0 Å². The molecule has 0 aromatic carbocycles. The number of hydrogen-bond donors (Lipinski definition) is 2. The number of hydrogen-bond acceptors (Lipinski definition) is 4. The second-order valence-electron chi connectivity index (χ2n) is 4.30. The third-order valence-corrected chi connectivity index (χ3v) is 4.30. The lowest BCUT2D eigenvalue weighted by atomic mass is 10.1. The molecule has 0 aliphatic heterocycles. The molecule has 0 spiro atoms. The first-order valence-corrected chi connectivity index (χ1v) is 7.20. The van der Waals surface area contributed by atoms with Gasteiger partial charge in [-0.15, -0.1) is 11.3 Å². The van der Waals surface area contributed by atoms with Gasteiger partial charge in [0, 0.05) is 22.6 Å². The summed E-state index contributed by atoms with van der Waals surface area (Å²) in [6.45, 7) is 4.26. The molecule has 0 saturated carbocycles. The second kappa shape index (κ2) is 6.18. The van der Waals surface area contributed by atoms with Crippen LogP contribution < -0.4 is 11.3 Å². The Morgan fingerprint density at radius 2 is 1.94 bits per heavy atom. The van der Waals surface area contributed by atoms with Gasteiger partial charge in [-0.1, -0.05) is 13.8 Å². The van der Waals surface area contributed by atoms with Crippen LogP contribution >= 0.6 is 11.3 Å². The van der Waals surface area contributed by atoms with Crippen molar-refractivity contribution in [3.05, 3.63) is 45.5 Å². The molecule has 1 unspecified atom stereocenters. The Labute approximate surface area is 112 Å². The molecule has 3 N–H and O–H groups in total. The zero-order valence-corrected chi connectivity index (χ0v) is 11.7. The number of nitrogens with one attached hydrogen (secondary N) is 1. The van der Waals surface area contributed by atoms with Crippen molar-refractivity contribution in [1.29, 1.82) is 0 Å². The highest BCUT2D eigenvalue weighted by molar-refractivity contribution is 7.11. The summed E-state index contributed by atoms with van der Waals surface area (Å²) >= 11 is 1.85. The second-order valence-corrected chi connectivity index (χ2v) is 5.56. The Bertz CT molecular complexity index is 489. The minimum Gasteiger partial charge on any atom is -0.464 e. The molecule has 2 heterocycles. The van der Waals surface area contributed by atoms with E-state index in [1.165, 1.54) is 9.75 Å².